The van der Waals surface area contributed by atoms with Gasteiger partial charge < -0.3 is 10.2 Å². The Balaban J connectivity index is 2.01. The molecule has 0 aliphatic rings. The predicted octanol–water partition coefficient (Wildman–Crippen LogP) is 5.60. The van der Waals surface area contributed by atoms with Crippen LogP contribution in [0.3, 0.4) is 0 Å². The average Bonchev–Trinajstić information content (AvgIpc) is 2.76. The zero-order valence-corrected chi connectivity index (χ0v) is 20.6. The number of nitrogens with one attached hydrogen (secondary N) is 1. The van der Waals surface area contributed by atoms with Crippen LogP contribution in [-0.4, -0.2) is 41.1 Å². The van der Waals surface area contributed by atoms with E-state index >= 15 is 0 Å². The highest BCUT2D eigenvalue weighted by atomic mass is 35.5. The first kappa shape index (κ1) is 25.6. The number of hydrogen-bond donors (Lipinski definition) is 1. The van der Waals surface area contributed by atoms with Gasteiger partial charge in [-0.3, -0.25) is 9.59 Å². The van der Waals surface area contributed by atoms with Gasteiger partial charge in [0, 0.05) is 18.3 Å². The van der Waals surface area contributed by atoms with Gasteiger partial charge in [0.1, 0.15) is 6.04 Å². The van der Waals surface area contributed by atoms with Crippen LogP contribution in [0.25, 0.3) is 0 Å². The molecule has 0 fully saturated rings. The van der Waals surface area contributed by atoms with E-state index in [9.17, 15) is 9.59 Å². The van der Waals surface area contributed by atoms with Crippen molar-refractivity contribution in [1.29, 1.82) is 0 Å². The third-order valence-corrected chi connectivity index (χ3v) is 6.86. The molecule has 0 aliphatic heterocycles. The summed E-state index contributed by atoms with van der Waals surface area (Å²) in [6.07, 6.45) is 1.54. The maximum Gasteiger partial charge on any atom is 0.242 e. The minimum atomic E-state index is -0.532. The minimum Gasteiger partial charge on any atom is -0.352 e. The summed E-state index contributed by atoms with van der Waals surface area (Å²) in [5, 5.41) is 4.01. The molecule has 7 heteroatoms. The van der Waals surface area contributed by atoms with Crippen LogP contribution < -0.4 is 5.32 Å². The quantitative estimate of drug-likeness (QED) is 0.455. The van der Waals surface area contributed by atoms with Crippen molar-refractivity contribution in [1.82, 2.24) is 10.2 Å². The number of hydrogen-bond acceptors (Lipinski definition) is 3. The van der Waals surface area contributed by atoms with E-state index in [0.717, 1.165) is 17.5 Å². The molecule has 0 bridgehead atoms. The van der Waals surface area contributed by atoms with Gasteiger partial charge in [-0.2, -0.15) is 0 Å². The SMILES string of the molecule is CC[C@@H](C)NC(=O)[C@@H](C)N(CCc1ccccc1)C(=O)CSCc1ccc(Cl)c(Cl)c1. The third kappa shape index (κ3) is 8.40. The molecule has 0 radical (unpaired) electrons. The van der Waals surface area contributed by atoms with Gasteiger partial charge in [0.15, 0.2) is 0 Å². The Morgan fingerprint density at radius 3 is 2.39 bits per heavy atom. The highest BCUT2D eigenvalue weighted by Gasteiger charge is 2.26. The molecule has 168 valence electrons. The number of carbonyl (C=O) groups is 2. The number of halogens is 2. The van der Waals surface area contributed by atoms with Crippen molar-refractivity contribution in [2.24, 2.45) is 0 Å². The fraction of sp³-hybridized carbons (Fsp3) is 0.417. The Labute approximate surface area is 199 Å². The summed E-state index contributed by atoms with van der Waals surface area (Å²) in [7, 11) is 0. The van der Waals surface area contributed by atoms with Crippen molar-refractivity contribution in [2.75, 3.05) is 12.3 Å². The first-order chi connectivity index (χ1) is 14.8. The lowest BCUT2D eigenvalue weighted by molar-refractivity contribution is -0.138. The van der Waals surface area contributed by atoms with Crippen molar-refractivity contribution in [2.45, 2.75) is 51.4 Å². The van der Waals surface area contributed by atoms with Crippen LogP contribution in [0.15, 0.2) is 48.5 Å². The number of thioether (sulfide) groups is 1. The molecule has 2 aromatic rings. The molecule has 0 saturated heterocycles. The molecular weight excluding hydrogens is 451 g/mol. The van der Waals surface area contributed by atoms with Gasteiger partial charge in [0.05, 0.1) is 15.8 Å². The second kappa shape index (κ2) is 13.0. The van der Waals surface area contributed by atoms with Gasteiger partial charge in [0.25, 0.3) is 0 Å². The van der Waals surface area contributed by atoms with Crippen molar-refractivity contribution >= 4 is 46.8 Å². The monoisotopic (exact) mass is 480 g/mol. The maximum atomic E-state index is 13.1. The summed E-state index contributed by atoms with van der Waals surface area (Å²) < 4.78 is 0. The van der Waals surface area contributed by atoms with E-state index < -0.39 is 6.04 Å². The van der Waals surface area contributed by atoms with Crippen LogP contribution in [0.2, 0.25) is 10.0 Å². The van der Waals surface area contributed by atoms with E-state index in [0.29, 0.717) is 28.8 Å². The van der Waals surface area contributed by atoms with Crippen molar-refractivity contribution in [3.8, 4) is 0 Å². The Bertz CT molecular complexity index is 864. The lowest BCUT2D eigenvalue weighted by Crippen LogP contribution is -2.51. The summed E-state index contributed by atoms with van der Waals surface area (Å²) in [5.74, 6) is 0.761. The average molecular weight is 481 g/mol. The zero-order chi connectivity index (χ0) is 22.8. The Kier molecular flexibility index (Phi) is 10.7. The summed E-state index contributed by atoms with van der Waals surface area (Å²) in [6.45, 7) is 6.27. The number of nitrogens with zero attached hydrogens (tertiary/aromatic N) is 1. The molecule has 0 aromatic heterocycles. The smallest absolute Gasteiger partial charge is 0.242 e. The fourth-order valence-corrected chi connectivity index (χ4v) is 4.18. The molecule has 2 amide bonds. The molecule has 2 aromatic carbocycles. The minimum absolute atomic E-state index is 0.0483. The third-order valence-electron chi connectivity index (χ3n) is 5.13. The normalized spacial score (nSPS) is 12.8. The van der Waals surface area contributed by atoms with Crippen LogP contribution in [-0.2, 0) is 21.8 Å². The van der Waals surface area contributed by atoms with Gasteiger partial charge in [-0.15, -0.1) is 11.8 Å². The zero-order valence-electron chi connectivity index (χ0n) is 18.2. The molecule has 2 atom stereocenters. The number of benzene rings is 2. The van der Waals surface area contributed by atoms with Gasteiger partial charge >= 0.3 is 0 Å². The summed E-state index contributed by atoms with van der Waals surface area (Å²) in [5.41, 5.74) is 2.14. The van der Waals surface area contributed by atoms with E-state index in [1.54, 1.807) is 17.9 Å². The van der Waals surface area contributed by atoms with E-state index in [2.05, 4.69) is 5.32 Å². The topological polar surface area (TPSA) is 49.4 Å². The van der Waals surface area contributed by atoms with Gasteiger partial charge in [-0.25, -0.2) is 0 Å². The van der Waals surface area contributed by atoms with E-state index in [-0.39, 0.29) is 23.6 Å². The van der Waals surface area contributed by atoms with Crippen molar-refractivity contribution in [3.05, 3.63) is 69.7 Å². The Morgan fingerprint density at radius 1 is 1.03 bits per heavy atom. The Hall–Kier alpha value is -1.69. The van der Waals surface area contributed by atoms with E-state index in [1.165, 1.54) is 11.8 Å². The van der Waals surface area contributed by atoms with Crippen LogP contribution in [0, 0.1) is 0 Å². The fourth-order valence-electron chi connectivity index (χ4n) is 3.00. The van der Waals surface area contributed by atoms with Gasteiger partial charge in [0.2, 0.25) is 11.8 Å². The number of rotatable bonds is 11. The molecule has 0 aliphatic carbocycles. The summed E-state index contributed by atoms with van der Waals surface area (Å²) in [6, 6.07) is 15.0. The van der Waals surface area contributed by atoms with Gasteiger partial charge in [-0.05, 0) is 49.9 Å². The van der Waals surface area contributed by atoms with Crippen LogP contribution in [0.5, 0.6) is 0 Å². The van der Waals surface area contributed by atoms with Crippen molar-refractivity contribution in [3.63, 3.8) is 0 Å². The largest absolute Gasteiger partial charge is 0.352 e. The second-order valence-corrected chi connectivity index (χ2v) is 9.36. The maximum absolute atomic E-state index is 13.1. The first-order valence-corrected chi connectivity index (χ1v) is 12.4. The first-order valence-electron chi connectivity index (χ1n) is 10.5. The van der Waals surface area contributed by atoms with Crippen LogP contribution >= 0.6 is 35.0 Å². The molecular formula is C24H30Cl2N2O2S. The lowest BCUT2D eigenvalue weighted by atomic mass is 10.1. The predicted molar refractivity (Wildman–Crippen MR) is 132 cm³/mol. The Morgan fingerprint density at radius 2 is 1.74 bits per heavy atom. The molecule has 0 heterocycles. The summed E-state index contributed by atoms with van der Waals surface area (Å²) >= 11 is 13.5. The standard InChI is InChI=1S/C24H30Cl2N2O2S/c1-4-17(2)27-24(30)18(3)28(13-12-19-8-6-5-7-9-19)23(29)16-31-15-20-10-11-21(25)22(26)14-20/h5-11,14,17-18H,4,12-13,15-16H2,1-3H3,(H,27,30)/t17-,18-/m1/s1. The van der Waals surface area contributed by atoms with Gasteiger partial charge in [-0.1, -0.05) is 66.5 Å². The van der Waals surface area contributed by atoms with E-state index in [1.807, 2.05) is 56.3 Å². The molecule has 0 unspecified atom stereocenters. The molecule has 31 heavy (non-hydrogen) atoms. The lowest BCUT2D eigenvalue weighted by Gasteiger charge is -2.29. The second-order valence-electron chi connectivity index (χ2n) is 7.56. The van der Waals surface area contributed by atoms with Crippen LogP contribution in [0.1, 0.15) is 38.3 Å². The number of carbonyl (C=O) groups excluding carboxylic acids is 2. The molecule has 2 rings (SSSR count). The molecule has 4 nitrogen and oxygen atoms in total. The highest BCUT2D eigenvalue weighted by molar-refractivity contribution is 7.99. The number of amides is 2. The molecule has 1 N–H and O–H groups in total. The van der Waals surface area contributed by atoms with Crippen molar-refractivity contribution < 1.29 is 9.59 Å². The van der Waals surface area contributed by atoms with E-state index in [4.69, 9.17) is 23.2 Å². The molecule has 0 saturated carbocycles. The van der Waals surface area contributed by atoms with Crippen LogP contribution in [0.4, 0.5) is 0 Å². The summed E-state index contributed by atoms with van der Waals surface area (Å²) in [4.78, 5) is 27.4. The molecule has 0 spiro atoms. The highest BCUT2D eigenvalue weighted by Crippen LogP contribution is 2.25.